The number of rotatable bonds is 4. The molecule has 18 heavy (non-hydrogen) atoms. The summed E-state index contributed by atoms with van der Waals surface area (Å²) in [4.78, 5) is 0. The van der Waals surface area contributed by atoms with Crippen molar-refractivity contribution in [1.29, 1.82) is 0 Å². The van der Waals surface area contributed by atoms with Gasteiger partial charge in [0.2, 0.25) is 0 Å². The fourth-order valence-corrected chi connectivity index (χ4v) is 2.84. The molecule has 2 aliphatic carbocycles. The Morgan fingerprint density at radius 1 is 1.22 bits per heavy atom. The maximum Gasteiger partial charge on any atom is 0.0672 e. The first kappa shape index (κ1) is 10.2. The number of fused-ring (bicyclic) bond motifs is 1. The molecule has 4 rings (SSSR count). The topological polar surface area (TPSA) is 66.7 Å². The highest BCUT2D eigenvalue weighted by Crippen LogP contribution is 2.46. The smallest absolute Gasteiger partial charge is 0.0672 e. The van der Waals surface area contributed by atoms with E-state index in [9.17, 15) is 0 Å². The maximum absolute atomic E-state index is 6.13. The molecular weight excluding hydrogens is 224 g/mol. The summed E-state index contributed by atoms with van der Waals surface area (Å²) in [6.07, 6.45) is 7.32. The van der Waals surface area contributed by atoms with Gasteiger partial charge in [-0.1, -0.05) is 0 Å². The van der Waals surface area contributed by atoms with Crippen LogP contribution in [0.2, 0.25) is 0 Å². The lowest BCUT2D eigenvalue weighted by Gasteiger charge is -2.20. The predicted molar refractivity (Wildman–Crippen MR) is 73.4 cm³/mol. The molecule has 0 bridgehead atoms. The first-order valence-electron chi connectivity index (χ1n) is 6.80. The van der Waals surface area contributed by atoms with Crippen LogP contribution in [-0.4, -0.2) is 16.2 Å². The zero-order chi connectivity index (χ0) is 12.1. The van der Waals surface area contributed by atoms with Gasteiger partial charge in [-0.05, 0) is 49.7 Å². The molecule has 0 unspecified atom stereocenters. The molecule has 0 saturated heterocycles. The highest BCUT2D eigenvalue weighted by Gasteiger charge is 2.41. The Morgan fingerprint density at radius 2 is 1.94 bits per heavy atom. The Morgan fingerprint density at radius 3 is 2.61 bits per heavy atom. The van der Waals surface area contributed by atoms with E-state index < -0.39 is 0 Å². The second-order valence-corrected chi connectivity index (χ2v) is 5.74. The zero-order valence-corrected chi connectivity index (χ0v) is 10.3. The number of nitrogens with one attached hydrogen (secondary N) is 2. The number of anilines is 2. The number of nitrogen functional groups attached to an aromatic ring is 1. The highest BCUT2D eigenvalue weighted by molar-refractivity contribution is 5.88. The Hall–Kier alpha value is -1.71. The van der Waals surface area contributed by atoms with Gasteiger partial charge in [0, 0.05) is 11.4 Å². The number of hydrogen-bond donors (Lipinski definition) is 3. The average Bonchev–Trinajstić information content (AvgIpc) is 3.25. The molecule has 0 radical (unpaired) electrons. The number of aromatic nitrogens is 2. The van der Waals surface area contributed by atoms with Gasteiger partial charge < -0.3 is 11.1 Å². The van der Waals surface area contributed by atoms with Gasteiger partial charge in [-0.2, -0.15) is 5.10 Å². The summed E-state index contributed by atoms with van der Waals surface area (Å²) in [5.74, 6) is 1.74. The summed E-state index contributed by atoms with van der Waals surface area (Å²) in [5, 5.41) is 11.8. The van der Waals surface area contributed by atoms with Gasteiger partial charge in [-0.15, -0.1) is 0 Å². The van der Waals surface area contributed by atoms with Crippen LogP contribution in [0.4, 0.5) is 11.4 Å². The van der Waals surface area contributed by atoms with E-state index in [1.165, 1.54) is 25.7 Å². The van der Waals surface area contributed by atoms with Crippen molar-refractivity contribution in [3.8, 4) is 0 Å². The first-order valence-corrected chi connectivity index (χ1v) is 6.80. The molecular formula is C14H18N4. The van der Waals surface area contributed by atoms with E-state index in [-0.39, 0.29) is 0 Å². The van der Waals surface area contributed by atoms with Crippen LogP contribution in [0.3, 0.4) is 0 Å². The summed E-state index contributed by atoms with van der Waals surface area (Å²) in [6.45, 7) is 0. The van der Waals surface area contributed by atoms with Crippen LogP contribution in [-0.2, 0) is 0 Å². The summed E-state index contributed by atoms with van der Waals surface area (Å²) in [7, 11) is 0. The minimum absolute atomic E-state index is 0.632. The van der Waals surface area contributed by atoms with Gasteiger partial charge in [-0.3, -0.25) is 5.10 Å². The lowest BCUT2D eigenvalue weighted by atomic mass is 10.1. The van der Waals surface area contributed by atoms with E-state index in [4.69, 9.17) is 5.73 Å². The highest BCUT2D eigenvalue weighted by atomic mass is 15.1. The zero-order valence-electron chi connectivity index (χ0n) is 10.3. The molecule has 4 N–H and O–H groups in total. The maximum atomic E-state index is 6.13. The Bertz CT molecular complexity index is 568. The second-order valence-electron chi connectivity index (χ2n) is 5.74. The molecule has 0 aliphatic heterocycles. The van der Waals surface area contributed by atoms with E-state index in [0.717, 1.165) is 34.1 Å². The van der Waals surface area contributed by atoms with Crippen molar-refractivity contribution < 1.29 is 0 Å². The van der Waals surface area contributed by atoms with Crippen molar-refractivity contribution in [2.45, 2.75) is 31.7 Å². The summed E-state index contributed by atoms with van der Waals surface area (Å²) >= 11 is 0. The van der Waals surface area contributed by atoms with Gasteiger partial charge in [0.1, 0.15) is 0 Å². The Labute approximate surface area is 106 Å². The van der Waals surface area contributed by atoms with E-state index in [0.29, 0.717) is 6.04 Å². The number of H-pyrrole nitrogens is 1. The van der Waals surface area contributed by atoms with Gasteiger partial charge >= 0.3 is 0 Å². The Balaban J connectivity index is 1.65. The molecule has 1 aromatic heterocycles. The number of aromatic amines is 1. The van der Waals surface area contributed by atoms with Crippen LogP contribution in [0.5, 0.6) is 0 Å². The van der Waals surface area contributed by atoms with Gasteiger partial charge in [0.25, 0.3) is 0 Å². The molecule has 2 aromatic rings. The lowest BCUT2D eigenvalue weighted by Crippen LogP contribution is -2.24. The predicted octanol–water partition coefficient (Wildman–Crippen LogP) is 2.75. The minimum Gasteiger partial charge on any atom is -0.397 e. The van der Waals surface area contributed by atoms with Crippen molar-refractivity contribution in [2.75, 3.05) is 11.1 Å². The van der Waals surface area contributed by atoms with Crippen molar-refractivity contribution in [2.24, 2.45) is 11.8 Å². The second kappa shape index (κ2) is 3.64. The van der Waals surface area contributed by atoms with E-state index in [1.807, 2.05) is 12.3 Å². The summed E-state index contributed by atoms with van der Waals surface area (Å²) in [6, 6.07) is 4.72. The van der Waals surface area contributed by atoms with Crippen molar-refractivity contribution in [3.05, 3.63) is 18.3 Å². The van der Waals surface area contributed by atoms with Crippen LogP contribution >= 0.6 is 0 Å². The molecule has 4 nitrogen and oxygen atoms in total. The molecule has 94 valence electrons. The van der Waals surface area contributed by atoms with Crippen LogP contribution in [0, 0.1) is 11.8 Å². The third kappa shape index (κ3) is 1.72. The molecule has 0 amide bonds. The van der Waals surface area contributed by atoms with E-state index in [2.05, 4.69) is 21.6 Å². The Kier molecular flexibility index (Phi) is 2.07. The standard InChI is InChI=1S/C14H18N4/c15-11-5-10-7-16-18-12(10)6-13(11)17-14(8-1-2-8)9-3-4-9/h5-9,14,17H,1-4,15H2,(H,16,18). The molecule has 2 fully saturated rings. The molecule has 2 aliphatic rings. The molecule has 2 saturated carbocycles. The van der Waals surface area contributed by atoms with Gasteiger partial charge in [0.05, 0.1) is 23.1 Å². The average molecular weight is 242 g/mol. The lowest BCUT2D eigenvalue weighted by molar-refractivity contribution is 0.568. The van der Waals surface area contributed by atoms with Crippen LogP contribution in [0.25, 0.3) is 10.9 Å². The summed E-state index contributed by atoms with van der Waals surface area (Å²) in [5.41, 5.74) is 9.08. The number of benzene rings is 1. The van der Waals surface area contributed by atoms with E-state index >= 15 is 0 Å². The molecule has 1 heterocycles. The normalized spacial score (nSPS) is 19.6. The molecule has 4 heteroatoms. The molecule has 1 aromatic carbocycles. The van der Waals surface area contributed by atoms with Crippen LogP contribution in [0.1, 0.15) is 25.7 Å². The fourth-order valence-electron chi connectivity index (χ4n) is 2.84. The quantitative estimate of drug-likeness (QED) is 0.722. The number of hydrogen-bond acceptors (Lipinski definition) is 3. The molecule has 0 spiro atoms. The number of nitrogens with zero attached hydrogens (tertiary/aromatic N) is 1. The van der Waals surface area contributed by atoms with Crippen molar-refractivity contribution >= 4 is 22.3 Å². The van der Waals surface area contributed by atoms with Crippen molar-refractivity contribution in [1.82, 2.24) is 10.2 Å². The van der Waals surface area contributed by atoms with Crippen LogP contribution in [0.15, 0.2) is 18.3 Å². The summed E-state index contributed by atoms with van der Waals surface area (Å²) < 4.78 is 0. The monoisotopic (exact) mass is 242 g/mol. The van der Waals surface area contributed by atoms with Crippen LogP contribution < -0.4 is 11.1 Å². The first-order chi connectivity index (χ1) is 8.81. The van der Waals surface area contributed by atoms with E-state index in [1.54, 1.807) is 0 Å². The fraction of sp³-hybridized carbons (Fsp3) is 0.500. The third-order valence-corrected chi connectivity index (χ3v) is 4.19. The largest absolute Gasteiger partial charge is 0.397 e. The van der Waals surface area contributed by atoms with Gasteiger partial charge in [0.15, 0.2) is 0 Å². The SMILES string of the molecule is Nc1cc2cn[nH]c2cc1NC(C1CC1)C1CC1. The third-order valence-electron chi connectivity index (χ3n) is 4.19. The van der Waals surface area contributed by atoms with Gasteiger partial charge in [-0.25, -0.2) is 0 Å². The molecule has 0 atom stereocenters. The minimum atomic E-state index is 0.632. The van der Waals surface area contributed by atoms with Crippen molar-refractivity contribution in [3.63, 3.8) is 0 Å². The number of nitrogens with two attached hydrogens (primary N) is 1.